The Morgan fingerprint density at radius 1 is 1.44 bits per heavy atom. The SMILES string of the molecule is Cc1nc(COc2cccc(F)c2)sc1CCN. The largest absolute Gasteiger partial charge is 0.486 e. The molecule has 0 radical (unpaired) electrons. The zero-order valence-corrected chi connectivity index (χ0v) is 11.0. The van der Waals surface area contributed by atoms with Crippen molar-refractivity contribution in [1.82, 2.24) is 4.98 Å². The third-order valence-electron chi connectivity index (χ3n) is 2.47. The first-order valence-electron chi connectivity index (χ1n) is 5.72. The molecule has 96 valence electrons. The second kappa shape index (κ2) is 5.93. The summed E-state index contributed by atoms with van der Waals surface area (Å²) < 4.78 is 18.5. The van der Waals surface area contributed by atoms with E-state index in [0.29, 0.717) is 18.9 Å². The molecule has 1 heterocycles. The Morgan fingerprint density at radius 3 is 3.00 bits per heavy atom. The van der Waals surface area contributed by atoms with E-state index in [-0.39, 0.29) is 5.82 Å². The van der Waals surface area contributed by atoms with Crippen molar-refractivity contribution in [2.75, 3.05) is 6.54 Å². The molecule has 5 heteroatoms. The van der Waals surface area contributed by atoms with Gasteiger partial charge < -0.3 is 10.5 Å². The van der Waals surface area contributed by atoms with Crippen molar-refractivity contribution < 1.29 is 9.13 Å². The first-order chi connectivity index (χ1) is 8.69. The van der Waals surface area contributed by atoms with Gasteiger partial charge in [0.2, 0.25) is 0 Å². The predicted molar refractivity (Wildman–Crippen MR) is 70.3 cm³/mol. The minimum atomic E-state index is -0.299. The summed E-state index contributed by atoms with van der Waals surface area (Å²) in [5, 5.41) is 0.889. The average Bonchev–Trinajstić information content (AvgIpc) is 2.69. The zero-order chi connectivity index (χ0) is 13.0. The van der Waals surface area contributed by atoms with E-state index in [1.807, 2.05) is 6.92 Å². The van der Waals surface area contributed by atoms with Gasteiger partial charge in [-0.25, -0.2) is 9.37 Å². The van der Waals surface area contributed by atoms with Crippen LogP contribution in [0.5, 0.6) is 5.75 Å². The standard InChI is InChI=1S/C13H15FN2OS/c1-9-12(5-6-15)18-13(16-9)8-17-11-4-2-3-10(14)7-11/h2-4,7H,5-6,8,15H2,1H3. The first-order valence-corrected chi connectivity index (χ1v) is 6.54. The van der Waals surface area contributed by atoms with Crippen molar-refractivity contribution in [2.45, 2.75) is 20.0 Å². The molecule has 0 saturated heterocycles. The molecule has 0 spiro atoms. The molecule has 0 aliphatic carbocycles. The second-order valence-corrected chi connectivity index (χ2v) is 5.07. The summed E-state index contributed by atoms with van der Waals surface area (Å²) in [7, 11) is 0. The Labute approximate surface area is 109 Å². The number of ether oxygens (including phenoxy) is 1. The van der Waals surface area contributed by atoms with Crippen LogP contribution in [0, 0.1) is 12.7 Å². The molecule has 0 aliphatic rings. The number of thiazole rings is 1. The normalized spacial score (nSPS) is 10.6. The smallest absolute Gasteiger partial charge is 0.140 e. The van der Waals surface area contributed by atoms with Gasteiger partial charge in [-0.1, -0.05) is 6.07 Å². The Morgan fingerprint density at radius 2 is 2.28 bits per heavy atom. The molecule has 0 saturated carbocycles. The average molecular weight is 266 g/mol. The monoisotopic (exact) mass is 266 g/mol. The molecule has 0 atom stereocenters. The van der Waals surface area contributed by atoms with Crippen LogP contribution in [0.4, 0.5) is 4.39 Å². The fourth-order valence-electron chi connectivity index (χ4n) is 1.61. The molecule has 0 bridgehead atoms. The lowest BCUT2D eigenvalue weighted by molar-refractivity contribution is 0.304. The van der Waals surface area contributed by atoms with Crippen molar-refractivity contribution in [3.05, 3.63) is 45.7 Å². The minimum absolute atomic E-state index is 0.299. The summed E-state index contributed by atoms with van der Waals surface area (Å²) in [6.45, 7) is 2.94. The summed E-state index contributed by atoms with van der Waals surface area (Å²) in [4.78, 5) is 5.60. The molecule has 0 amide bonds. The van der Waals surface area contributed by atoms with E-state index in [1.54, 1.807) is 23.5 Å². The van der Waals surface area contributed by atoms with Crippen LogP contribution >= 0.6 is 11.3 Å². The molecular weight excluding hydrogens is 251 g/mol. The van der Waals surface area contributed by atoms with E-state index in [0.717, 1.165) is 17.1 Å². The fourth-order valence-corrected chi connectivity index (χ4v) is 2.61. The molecule has 18 heavy (non-hydrogen) atoms. The highest BCUT2D eigenvalue weighted by Crippen LogP contribution is 2.20. The Bertz CT molecular complexity index is 527. The molecule has 2 rings (SSSR count). The van der Waals surface area contributed by atoms with Gasteiger partial charge in [-0.15, -0.1) is 11.3 Å². The molecule has 1 aromatic heterocycles. The Hall–Kier alpha value is -1.46. The second-order valence-electron chi connectivity index (χ2n) is 3.90. The number of nitrogens with zero attached hydrogens (tertiary/aromatic N) is 1. The molecule has 1 aromatic carbocycles. The van der Waals surface area contributed by atoms with Crippen LogP contribution in [0.15, 0.2) is 24.3 Å². The van der Waals surface area contributed by atoms with Gasteiger partial charge in [0.05, 0.1) is 5.69 Å². The fraction of sp³-hybridized carbons (Fsp3) is 0.308. The van der Waals surface area contributed by atoms with Gasteiger partial charge >= 0.3 is 0 Å². The molecule has 2 aromatic rings. The van der Waals surface area contributed by atoms with Crippen LogP contribution in [-0.2, 0) is 13.0 Å². The quantitative estimate of drug-likeness (QED) is 0.905. The van der Waals surface area contributed by atoms with Crippen LogP contribution in [-0.4, -0.2) is 11.5 Å². The van der Waals surface area contributed by atoms with E-state index < -0.39 is 0 Å². The summed E-state index contributed by atoms with van der Waals surface area (Å²) in [6.07, 6.45) is 0.837. The van der Waals surface area contributed by atoms with Crippen LogP contribution in [0.3, 0.4) is 0 Å². The summed E-state index contributed by atoms with van der Waals surface area (Å²) in [5.41, 5.74) is 6.53. The lowest BCUT2D eigenvalue weighted by Gasteiger charge is -2.03. The van der Waals surface area contributed by atoms with Gasteiger partial charge in [0.1, 0.15) is 23.2 Å². The van der Waals surface area contributed by atoms with Crippen molar-refractivity contribution in [2.24, 2.45) is 5.73 Å². The van der Waals surface area contributed by atoms with E-state index in [2.05, 4.69) is 4.98 Å². The van der Waals surface area contributed by atoms with Crippen LogP contribution in [0.2, 0.25) is 0 Å². The molecular formula is C13H15FN2OS. The van der Waals surface area contributed by atoms with E-state index in [9.17, 15) is 4.39 Å². The number of aryl methyl sites for hydroxylation is 1. The maximum absolute atomic E-state index is 13.0. The maximum atomic E-state index is 13.0. The third kappa shape index (κ3) is 3.27. The van der Waals surface area contributed by atoms with Crippen molar-refractivity contribution >= 4 is 11.3 Å². The highest BCUT2D eigenvalue weighted by molar-refractivity contribution is 7.11. The Balaban J connectivity index is 2.00. The van der Waals surface area contributed by atoms with Crippen LogP contribution in [0.25, 0.3) is 0 Å². The number of hydrogen-bond donors (Lipinski definition) is 1. The number of aromatic nitrogens is 1. The lowest BCUT2D eigenvalue weighted by atomic mass is 10.3. The molecule has 0 unspecified atom stereocenters. The van der Waals surface area contributed by atoms with Gasteiger partial charge in [0.25, 0.3) is 0 Å². The summed E-state index contributed by atoms with van der Waals surface area (Å²) in [6, 6.07) is 6.10. The zero-order valence-electron chi connectivity index (χ0n) is 10.1. The number of halogens is 1. The van der Waals surface area contributed by atoms with Gasteiger partial charge in [-0.2, -0.15) is 0 Å². The summed E-state index contributed by atoms with van der Waals surface area (Å²) in [5.74, 6) is 0.217. The number of nitrogens with two attached hydrogens (primary N) is 1. The molecule has 0 fully saturated rings. The molecule has 0 aliphatic heterocycles. The van der Waals surface area contributed by atoms with Gasteiger partial charge in [0.15, 0.2) is 0 Å². The number of rotatable bonds is 5. The van der Waals surface area contributed by atoms with Crippen LogP contribution in [0.1, 0.15) is 15.6 Å². The van der Waals surface area contributed by atoms with E-state index in [4.69, 9.17) is 10.5 Å². The predicted octanol–water partition coefficient (Wildman–Crippen LogP) is 2.67. The van der Waals surface area contributed by atoms with Gasteiger partial charge in [-0.3, -0.25) is 0 Å². The van der Waals surface area contributed by atoms with Crippen molar-refractivity contribution in [3.8, 4) is 5.75 Å². The topological polar surface area (TPSA) is 48.1 Å². The number of benzene rings is 1. The maximum Gasteiger partial charge on any atom is 0.140 e. The van der Waals surface area contributed by atoms with E-state index in [1.165, 1.54) is 17.0 Å². The highest BCUT2D eigenvalue weighted by atomic mass is 32.1. The van der Waals surface area contributed by atoms with Crippen molar-refractivity contribution in [3.63, 3.8) is 0 Å². The van der Waals surface area contributed by atoms with Crippen molar-refractivity contribution in [1.29, 1.82) is 0 Å². The minimum Gasteiger partial charge on any atom is -0.486 e. The lowest BCUT2D eigenvalue weighted by Crippen LogP contribution is -2.01. The highest BCUT2D eigenvalue weighted by Gasteiger charge is 2.07. The third-order valence-corrected chi connectivity index (χ3v) is 3.66. The number of hydrogen-bond acceptors (Lipinski definition) is 4. The Kier molecular flexibility index (Phi) is 4.28. The van der Waals surface area contributed by atoms with E-state index >= 15 is 0 Å². The first kappa shape index (κ1) is 13.0. The summed E-state index contributed by atoms with van der Waals surface area (Å²) >= 11 is 1.60. The molecule has 3 nitrogen and oxygen atoms in total. The molecule has 2 N–H and O–H groups in total. The van der Waals surface area contributed by atoms with Crippen LogP contribution < -0.4 is 10.5 Å². The van der Waals surface area contributed by atoms with Gasteiger partial charge in [-0.05, 0) is 32.0 Å². The van der Waals surface area contributed by atoms with Gasteiger partial charge in [0, 0.05) is 10.9 Å².